The molecule has 0 saturated heterocycles. The molecule has 0 N–H and O–H groups in total. The van der Waals surface area contributed by atoms with Crippen molar-refractivity contribution in [3.05, 3.63) is 55.9 Å². The van der Waals surface area contributed by atoms with E-state index in [2.05, 4.69) is 106 Å². The molecule has 7 aromatic rings. The quantitative estimate of drug-likeness (QED) is 0.156. The van der Waals surface area contributed by atoms with Gasteiger partial charge in [-0.05, 0) is 59.6 Å². The molecule has 0 saturated carbocycles. The minimum absolute atomic E-state index is 0.130. The van der Waals surface area contributed by atoms with Crippen LogP contribution in [0.25, 0.3) is 61.9 Å². The molecule has 0 spiro atoms. The molecule has 0 aliphatic carbocycles. The van der Waals surface area contributed by atoms with Crippen molar-refractivity contribution in [2.45, 2.75) is 85.5 Å². The van der Waals surface area contributed by atoms with E-state index in [1.54, 1.807) is 0 Å². The summed E-state index contributed by atoms with van der Waals surface area (Å²) in [7, 11) is 0. The molecule has 4 aromatic heterocycles. The number of aryl methyl sites for hydroxylation is 1. The highest BCUT2D eigenvalue weighted by Gasteiger charge is 2.25. The van der Waals surface area contributed by atoms with Crippen molar-refractivity contribution < 1.29 is 0 Å². The molecule has 0 aliphatic rings. The summed E-state index contributed by atoms with van der Waals surface area (Å²) in [5, 5.41) is 11.4. The molecule has 4 heteroatoms. The maximum Gasteiger partial charge on any atom is 0.0431 e. The summed E-state index contributed by atoms with van der Waals surface area (Å²) in [6, 6.07) is 15.0. The SMILES string of the molecule is Cc1cc2c3cc(C(C)(C)C)sc3c3cc4c(cc3c2s1)c1sc(C(C)(C)C)cc1c1cc(C(C)(C)C)sc14. The van der Waals surface area contributed by atoms with Gasteiger partial charge in [0.15, 0.2) is 0 Å². The summed E-state index contributed by atoms with van der Waals surface area (Å²) in [5.41, 5.74) is 0.400. The van der Waals surface area contributed by atoms with Crippen LogP contribution in [-0.2, 0) is 16.2 Å². The second-order valence-corrected chi connectivity index (χ2v) is 18.8. The molecule has 0 atom stereocenters. The third-order valence-corrected chi connectivity index (χ3v) is 13.9. The van der Waals surface area contributed by atoms with E-state index in [0.29, 0.717) is 0 Å². The smallest absolute Gasteiger partial charge is 0.0431 e. The second-order valence-electron chi connectivity index (χ2n) is 14.4. The number of benzene rings is 3. The van der Waals surface area contributed by atoms with Gasteiger partial charge in [0.05, 0.1) is 0 Å². The van der Waals surface area contributed by atoms with Crippen molar-refractivity contribution in [1.29, 1.82) is 0 Å². The van der Waals surface area contributed by atoms with Crippen LogP contribution in [0.2, 0.25) is 0 Å². The molecule has 0 nitrogen and oxygen atoms in total. The zero-order valence-electron chi connectivity index (χ0n) is 24.6. The Kier molecular flexibility index (Phi) is 5.37. The molecule has 0 aliphatic heterocycles. The lowest BCUT2D eigenvalue weighted by Gasteiger charge is -2.15. The topological polar surface area (TPSA) is 0 Å². The summed E-state index contributed by atoms with van der Waals surface area (Å²) in [4.78, 5) is 5.79. The molecule has 39 heavy (non-hydrogen) atoms. The van der Waals surface area contributed by atoms with Gasteiger partial charge in [-0.15, -0.1) is 45.3 Å². The van der Waals surface area contributed by atoms with E-state index in [0.717, 1.165) is 0 Å². The fraction of sp³-hybridized carbons (Fsp3) is 0.371. The van der Waals surface area contributed by atoms with Crippen LogP contribution in [-0.4, -0.2) is 0 Å². The van der Waals surface area contributed by atoms with E-state index < -0.39 is 0 Å². The predicted molar refractivity (Wildman–Crippen MR) is 184 cm³/mol. The number of fused-ring (bicyclic) bond motifs is 12. The number of thiophene rings is 4. The Morgan fingerprint density at radius 3 is 0.923 bits per heavy atom. The van der Waals surface area contributed by atoms with Gasteiger partial charge in [-0.25, -0.2) is 0 Å². The van der Waals surface area contributed by atoms with E-state index in [9.17, 15) is 0 Å². The summed E-state index contributed by atoms with van der Waals surface area (Å²) in [6.07, 6.45) is 0. The highest BCUT2D eigenvalue weighted by Crippen LogP contribution is 2.51. The van der Waals surface area contributed by atoms with Gasteiger partial charge < -0.3 is 0 Å². The standard InChI is InChI=1S/C35H36S4/c1-17-11-18-23-14-26(33(2,3)4)37-30(23)20-13-22-21(12-19(20)29(18)36-17)31-24(15-27(38-31)34(5,6)7)25-16-28(35(8,9)10)39-32(22)25/h11-16H,1-10H3. The largest absolute Gasteiger partial charge is 0.140 e. The first-order chi connectivity index (χ1) is 18.1. The molecule has 3 aromatic carbocycles. The van der Waals surface area contributed by atoms with Crippen molar-refractivity contribution in [1.82, 2.24) is 0 Å². The van der Waals surface area contributed by atoms with E-state index in [1.807, 2.05) is 45.3 Å². The summed E-state index contributed by atoms with van der Waals surface area (Å²) < 4.78 is 5.79. The average molecular weight is 585 g/mol. The molecule has 0 unspecified atom stereocenters. The van der Waals surface area contributed by atoms with Gasteiger partial charge in [-0.3, -0.25) is 0 Å². The predicted octanol–water partition coefficient (Wildman–Crippen LogP) is 13.1. The number of hydrogen-bond donors (Lipinski definition) is 0. The maximum absolute atomic E-state index is 2.56. The number of rotatable bonds is 0. The summed E-state index contributed by atoms with van der Waals surface area (Å²) in [6.45, 7) is 23.4. The van der Waals surface area contributed by atoms with Crippen LogP contribution in [0.5, 0.6) is 0 Å². The molecule has 7 rings (SSSR count). The van der Waals surface area contributed by atoms with Crippen molar-refractivity contribution in [2.24, 2.45) is 0 Å². The van der Waals surface area contributed by atoms with E-state index in [-0.39, 0.29) is 16.2 Å². The van der Waals surface area contributed by atoms with Crippen LogP contribution in [0.15, 0.2) is 36.4 Å². The van der Waals surface area contributed by atoms with Crippen LogP contribution in [0.4, 0.5) is 0 Å². The Hall–Kier alpha value is -1.98. The molecule has 0 fully saturated rings. The third kappa shape index (κ3) is 3.85. The van der Waals surface area contributed by atoms with Gasteiger partial charge in [0.1, 0.15) is 0 Å². The number of hydrogen-bond acceptors (Lipinski definition) is 4. The van der Waals surface area contributed by atoms with E-state index in [1.165, 1.54) is 81.4 Å². The molecular formula is C35H36S4. The highest BCUT2D eigenvalue weighted by atomic mass is 32.1. The summed E-state index contributed by atoms with van der Waals surface area (Å²) >= 11 is 7.97. The van der Waals surface area contributed by atoms with Crippen molar-refractivity contribution in [2.75, 3.05) is 0 Å². The third-order valence-electron chi connectivity index (χ3n) is 7.99. The second kappa shape index (κ2) is 8.06. The Morgan fingerprint density at radius 2 is 0.615 bits per heavy atom. The Morgan fingerprint density at radius 1 is 0.359 bits per heavy atom. The van der Waals surface area contributed by atoms with E-state index in [4.69, 9.17) is 0 Å². The zero-order chi connectivity index (χ0) is 27.8. The first-order valence-electron chi connectivity index (χ1n) is 13.8. The van der Waals surface area contributed by atoms with E-state index >= 15 is 0 Å². The molecule has 200 valence electrons. The fourth-order valence-corrected chi connectivity index (χ4v) is 10.6. The van der Waals surface area contributed by atoms with Gasteiger partial charge in [-0.1, -0.05) is 62.3 Å². The lowest BCUT2D eigenvalue weighted by atomic mass is 9.92. The molecule has 0 radical (unpaired) electrons. The zero-order valence-corrected chi connectivity index (χ0v) is 27.9. The highest BCUT2D eigenvalue weighted by molar-refractivity contribution is 7.23. The maximum atomic E-state index is 2.56. The van der Waals surface area contributed by atoms with Crippen LogP contribution < -0.4 is 0 Å². The first-order valence-corrected chi connectivity index (χ1v) is 17.1. The van der Waals surface area contributed by atoms with Gasteiger partial charge in [0.2, 0.25) is 0 Å². The van der Waals surface area contributed by atoms with Crippen molar-refractivity contribution in [3.63, 3.8) is 0 Å². The summed E-state index contributed by atoms with van der Waals surface area (Å²) in [5.74, 6) is 0. The molecule has 0 bridgehead atoms. The normalized spacial score (nSPS) is 13.9. The van der Waals surface area contributed by atoms with Crippen LogP contribution in [0.3, 0.4) is 0 Å². The monoisotopic (exact) mass is 584 g/mol. The van der Waals surface area contributed by atoms with Gasteiger partial charge >= 0.3 is 0 Å². The molecule has 4 heterocycles. The van der Waals surface area contributed by atoms with Crippen molar-refractivity contribution in [3.8, 4) is 0 Å². The molecule has 0 amide bonds. The van der Waals surface area contributed by atoms with Crippen LogP contribution >= 0.6 is 45.3 Å². The van der Waals surface area contributed by atoms with Gasteiger partial charge in [0.25, 0.3) is 0 Å². The Bertz CT molecular complexity index is 2120. The average Bonchev–Trinajstić information content (AvgIpc) is 3.58. The lowest BCUT2D eigenvalue weighted by Crippen LogP contribution is -2.07. The minimum Gasteiger partial charge on any atom is -0.140 e. The Balaban J connectivity index is 1.73. The van der Waals surface area contributed by atoms with Crippen molar-refractivity contribution >= 4 is 107 Å². The van der Waals surface area contributed by atoms with Crippen LogP contribution in [0.1, 0.15) is 81.8 Å². The fourth-order valence-electron chi connectivity index (χ4n) is 5.75. The minimum atomic E-state index is 0.130. The molecular weight excluding hydrogens is 549 g/mol. The van der Waals surface area contributed by atoms with Gasteiger partial charge in [-0.2, -0.15) is 0 Å². The first kappa shape index (κ1) is 26.0. The lowest BCUT2D eigenvalue weighted by molar-refractivity contribution is 0.604. The Labute approximate surface area is 247 Å². The van der Waals surface area contributed by atoms with Gasteiger partial charge in [0, 0.05) is 81.4 Å². The van der Waals surface area contributed by atoms with Crippen LogP contribution in [0, 0.1) is 6.92 Å².